The number of H-pyrrole nitrogens is 1. The molecule has 0 bridgehead atoms. The monoisotopic (exact) mass is 388 g/mol. The minimum atomic E-state index is -4.50. The molecule has 4 rings (SSSR count). The summed E-state index contributed by atoms with van der Waals surface area (Å²) >= 11 is 0. The number of carbonyl (C=O) groups is 2. The van der Waals surface area contributed by atoms with Crippen molar-refractivity contribution in [2.45, 2.75) is 25.2 Å². The van der Waals surface area contributed by atoms with Crippen molar-refractivity contribution in [3.05, 3.63) is 71.4 Å². The Labute approximate surface area is 157 Å². The molecule has 0 spiro atoms. The third-order valence-electron chi connectivity index (χ3n) is 4.68. The largest absolute Gasteiger partial charge is 0.435 e. The number of hydrogen-bond acceptors (Lipinski definition) is 3. The Bertz CT molecular complexity index is 1060. The number of fused-ring (bicyclic) bond motifs is 1. The highest BCUT2D eigenvalue weighted by Crippen LogP contribution is 2.30. The van der Waals surface area contributed by atoms with Gasteiger partial charge in [-0.25, -0.2) is 9.69 Å². The van der Waals surface area contributed by atoms with Crippen molar-refractivity contribution in [3.63, 3.8) is 0 Å². The maximum absolute atomic E-state index is 12.9. The van der Waals surface area contributed by atoms with Gasteiger partial charge in [0, 0.05) is 23.5 Å². The SMILES string of the molecule is O=C1O[C@@H](Cc2c[nH]c3ccccc23)C(=O)N1Cc1cccc(C(F)(F)F)c1. The lowest BCUT2D eigenvalue weighted by Gasteiger charge is -2.13. The molecule has 2 aromatic carbocycles. The topological polar surface area (TPSA) is 62.4 Å². The number of amides is 2. The molecular formula is C20H15F3N2O3. The molecule has 144 valence electrons. The molecule has 8 heteroatoms. The molecule has 0 unspecified atom stereocenters. The molecule has 2 heterocycles. The summed E-state index contributed by atoms with van der Waals surface area (Å²) in [6.45, 7) is -0.272. The predicted octanol–water partition coefficient (Wildman–Crippen LogP) is 4.28. The van der Waals surface area contributed by atoms with Crippen LogP contribution in [0.3, 0.4) is 0 Å². The Morgan fingerprint density at radius 2 is 1.86 bits per heavy atom. The van der Waals surface area contributed by atoms with Crippen LogP contribution in [0.1, 0.15) is 16.7 Å². The van der Waals surface area contributed by atoms with Crippen LogP contribution in [0.25, 0.3) is 10.9 Å². The fraction of sp³-hybridized carbons (Fsp3) is 0.200. The number of hydrogen-bond donors (Lipinski definition) is 1. The van der Waals surface area contributed by atoms with E-state index in [0.29, 0.717) is 0 Å². The minimum Gasteiger partial charge on any atom is -0.435 e. The van der Waals surface area contributed by atoms with Crippen molar-refractivity contribution in [2.24, 2.45) is 0 Å². The van der Waals surface area contributed by atoms with Crippen LogP contribution in [0, 0.1) is 0 Å². The number of aromatic nitrogens is 1. The Balaban J connectivity index is 1.51. The molecule has 2 amide bonds. The molecule has 1 atom stereocenters. The molecule has 1 aromatic heterocycles. The first-order valence-electron chi connectivity index (χ1n) is 8.56. The standard InChI is InChI=1S/C20H15F3N2O3/c21-20(22,23)14-5-3-4-12(8-14)11-25-18(26)17(28-19(25)27)9-13-10-24-16-7-2-1-6-15(13)16/h1-8,10,17,24H,9,11H2/t17-/m0/s1. The highest BCUT2D eigenvalue weighted by Gasteiger charge is 2.41. The lowest BCUT2D eigenvalue weighted by Crippen LogP contribution is -2.31. The van der Waals surface area contributed by atoms with E-state index in [1.165, 1.54) is 12.1 Å². The lowest BCUT2D eigenvalue weighted by atomic mass is 10.1. The van der Waals surface area contributed by atoms with E-state index in [-0.39, 0.29) is 18.5 Å². The molecule has 1 aliphatic heterocycles. The molecular weight excluding hydrogens is 373 g/mol. The van der Waals surface area contributed by atoms with Crippen LogP contribution >= 0.6 is 0 Å². The average Bonchev–Trinajstić information content (AvgIpc) is 3.18. The molecule has 1 fully saturated rings. The van der Waals surface area contributed by atoms with E-state index in [2.05, 4.69) is 4.98 Å². The average molecular weight is 388 g/mol. The Morgan fingerprint density at radius 1 is 1.07 bits per heavy atom. The number of cyclic esters (lactones) is 1. The molecule has 28 heavy (non-hydrogen) atoms. The fourth-order valence-electron chi connectivity index (χ4n) is 3.30. The number of carbonyl (C=O) groups excluding carboxylic acids is 2. The van der Waals surface area contributed by atoms with Gasteiger partial charge in [-0.1, -0.05) is 30.3 Å². The maximum atomic E-state index is 12.9. The van der Waals surface area contributed by atoms with Gasteiger partial charge in [-0.05, 0) is 29.3 Å². The second-order valence-corrected chi connectivity index (χ2v) is 6.56. The van der Waals surface area contributed by atoms with E-state index >= 15 is 0 Å². The van der Waals surface area contributed by atoms with Crippen LogP contribution in [0.15, 0.2) is 54.7 Å². The van der Waals surface area contributed by atoms with Gasteiger partial charge >= 0.3 is 12.3 Å². The second-order valence-electron chi connectivity index (χ2n) is 6.56. The van der Waals surface area contributed by atoms with Gasteiger partial charge in [-0.2, -0.15) is 13.2 Å². The zero-order valence-corrected chi connectivity index (χ0v) is 14.5. The van der Waals surface area contributed by atoms with Crippen LogP contribution in [0.5, 0.6) is 0 Å². The summed E-state index contributed by atoms with van der Waals surface area (Å²) in [4.78, 5) is 28.7. The zero-order valence-electron chi connectivity index (χ0n) is 14.5. The summed E-state index contributed by atoms with van der Waals surface area (Å²) in [7, 11) is 0. The first-order chi connectivity index (χ1) is 13.3. The molecule has 3 aromatic rings. The summed E-state index contributed by atoms with van der Waals surface area (Å²) in [6, 6.07) is 12.1. The third-order valence-corrected chi connectivity index (χ3v) is 4.68. The third kappa shape index (κ3) is 3.33. The number of aromatic amines is 1. The van der Waals surface area contributed by atoms with Gasteiger partial charge in [-0.3, -0.25) is 4.79 Å². The number of nitrogens with zero attached hydrogens (tertiary/aromatic N) is 1. The summed E-state index contributed by atoms with van der Waals surface area (Å²) < 4.78 is 43.8. The van der Waals surface area contributed by atoms with E-state index in [1.54, 1.807) is 6.20 Å². The first-order valence-corrected chi connectivity index (χ1v) is 8.56. The highest BCUT2D eigenvalue weighted by molar-refractivity contribution is 6.00. The van der Waals surface area contributed by atoms with E-state index in [9.17, 15) is 22.8 Å². The van der Waals surface area contributed by atoms with Gasteiger partial charge in [0.15, 0.2) is 6.10 Å². The van der Waals surface area contributed by atoms with Gasteiger partial charge in [0.2, 0.25) is 0 Å². The smallest absolute Gasteiger partial charge is 0.417 e. The quantitative estimate of drug-likeness (QED) is 0.726. The maximum Gasteiger partial charge on any atom is 0.417 e. The number of nitrogens with one attached hydrogen (secondary N) is 1. The summed E-state index contributed by atoms with van der Waals surface area (Å²) in [5.74, 6) is -0.562. The van der Waals surface area contributed by atoms with Gasteiger partial charge in [0.05, 0.1) is 12.1 Å². The van der Waals surface area contributed by atoms with Crippen molar-refractivity contribution in [1.29, 1.82) is 0 Å². The van der Waals surface area contributed by atoms with Crippen LogP contribution < -0.4 is 0 Å². The molecule has 1 N–H and O–H groups in total. The number of alkyl halides is 3. The Morgan fingerprint density at radius 3 is 2.64 bits per heavy atom. The number of halogens is 3. The fourth-order valence-corrected chi connectivity index (χ4v) is 3.30. The van der Waals surface area contributed by atoms with Crippen LogP contribution in [0.4, 0.5) is 18.0 Å². The molecule has 0 saturated carbocycles. The van der Waals surface area contributed by atoms with E-state index < -0.39 is 29.8 Å². The van der Waals surface area contributed by atoms with Crippen molar-refractivity contribution in [3.8, 4) is 0 Å². The summed E-state index contributed by atoms with van der Waals surface area (Å²) in [5.41, 5.74) is 1.09. The minimum absolute atomic E-state index is 0.188. The number of rotatable bonds is 4. The van der Waals surface area contributed by atoms with E-state index in [0.717, 1.165) is 33.5 Å². The Kier molecular flexibility index (Phi) is 4.33. The van der Waals surface area contributed by atoms with Crippen molar-refractivity contribution in [1.82, 2.24) is 9.88 Å². The van der Waals surface area contributed by atoms with Gasteiger partial charge in [-0.15, -0.1) is 0 Å². The normalized spacial score (nSPS) is 17.4. The Hall–Kier alpha value is -3.29. The summed E-state index contributed by atoms with van der Waals surface area (Å²) in [5, 5.41) is 0.919. The van der Waals surface area contributed by atoms with Gasteiger partial charge in [0.1, 0.15) is 0 Å². The molecule has 1 aliphatic rings. The van der Waals surface area contributed by atoms with Crippen LogP contribution in [0.2, 0.25) is 0 Å². The number of para-hydroxylation sites is 1. The van der Waals surface area contributed by atoms with Gasteiger partial charge in [0.25, 0.3) is 5.91 Å². The predicted molar refractivity (Wildman–Crippen MR) is 94.3 cm³/mol. The van der Waals surface area contributed by atoms with Crippen molar-refractivity contribution >= 4 is 22.9 Å². The molecule has 0 radical (unpaired) electrons. The lowest BCUT2D eigenvalue weighted by molar-refractivity contribution is -0.137. The van der Waals surface area contributed by atoms with Crippen LogP contribution in [-0.2, 0) is 28.7 Å². The second kappa shape index (κ2) is 6.70. The summed E-state index contributed by atoms with van der Waals surface area (Å²) in [6.07, 6.45) is -4.41. The first kappa shape index (κ1) is 18.1. The van der Waals surface area contributed by atoms with Crippen LogP contribution in [-0.4, -0.2) is 28.0 Å². The highest BCUT2D eigenvalue weighted by atomic mass is 19.4. The number of benzene rings is 2. The number of ether oxygens (including phenoxy) is 1. The van der Waals surface area contributed by atoms with Gasteiger partial charge < -0.3 is 9.72 Å². The molecule has 5 nitrogen and oxygen atoms in total. The van der Waals surface area contributed by atoms with Crippen molar-refractivity contribution < 1.29 is 27.5 Å². The molecule has 0 aliphatic carbocycles. The zero-order chi connectivity index (χ0) is 19.9. The molecule has 1 saturated heterocycles. The van der Waals surface area contributed by atoms with E-state index in [4.69, 9.17) is 4.74 Å². The number of imide groups is 1. The van der Waals surface area contributed by atoms with Crippen molar-refractivity contribution in [2.75, 3.05) is 0 Å². The van der Waals surface area contributed by atoms with E-state index in [1.807, 2.05) is 24.3 Å².